The van der Waals surface area contributed by atoms with Crippen molar-refractivity contribution in [1.82, 2.24) is 0 Å². The van der Waals surface area contributed by atoms with E-state index in [0.29, 0.717) is 35.4 Å². The highest BCUT2D eigenvalue weighted by Gasteiger charge is 2.72. The van der Waals surface area contributed by atoms with Crippen LogP contribution < -0.4 is 0 Å². The molecule has 4 N–H and O–H groups in total. The molecule has 0 unspecified atom stereocenters. The van der Waals surface area contributed by atoms with Crippen LogP contribution in [0.5, 0.6) is 23.0 Å². The fourth-order valence-electron chi connectivity index (χ4n) is 4.49. The van der Waals surface area contributed by atoms with E-state index in [0.717, 1.165) is 12.1 Å². The molecule has 0 spiro atoms. The fourth-order valence-corrected chi connectivity index (χ4v) is 5.92. The van der Waals surface area contributed by atoms with Gasteiger partial charge in [-0.15, -0.1) is 0 Å². The highest BCUT2D eigenvalue weighted by Crippen LogP contribution is 2.56. The van der Waals surface area contributed by atoms with Crippen molar-refractivity contribution in [3.8, 4) is 23.0 Å². The van der Waals surface area contributed by atoms with Gasteiger partial charge >= 0.3 is 12.4 Å². The molecular weight excluding hydrogens is 614 g/mol. The number of benzene rings is 4. The van der Waals surface area contributed by atoms with Crippen LogP contribution >= 0.6 is 0 Å². The molecule has 0 saturated heterocycles. The Morgan fingerprint density at radius 2 is 0.750 bits per heavy atom. The molecule has 0 saturated carbocycles. The van der Waals surface area contributed by atoms with Gasteiger partial charge in [0, 0.05) is 0 Å². The topological polar surface area (TPSA) is 115 Å². The van der Waals surface area contributed by atoms with Gasteiger partial charge in [0.15, 0.2) is 0 Å². The monoisotopic (exact) mass is 642 g/mol. The van der Waals surface area contributed by atoms with E-state index in [9.17, 15) is 55.2 Å². The molecule has 236 valence electrons. The van der Waals surface area contributed by atoms with E-state index in [1.165, 1.54) is 50.2 Å². The summed E-state index contributed by atoms with van der Waals surface area (Å²) in [6, 6.07) is 12.4. The van der Waals surface area contributed by atoms with E-state index in [1.54, 1.807) is 13.8 Å². The zero-order valence-corrected chi connectivity index (χ0v) is 24.5. The van der Waals surface area contributed by atoms with Crippen molar-refractivity contribution in [3.05, 3.63) is 106 Å². The summed E-state index contributed by atoms with van der Waals surface area (Å²) in [4.78, 5) is 0.237. The van der Waals surface area contributed by atoms with E-state index in [2.05, 4.69) is 0 Å². The summed E-state index contributed by atoms with van der Waals surface area (Å²) in [7, 11) is -3.64. The molecule has 4 aromatic rings. The van der Waals surface area contributed by atoms with Gasteiger partial charge in [0.25, 0.3) is 0 Å². The third-order valence-electron chi connectivity index (χ3n) is 7.07. The minimum atomic E-state index is -5.71. The zero-order valence-electron chi connectivity index (χ0n) is 23.7. The number of phenols is 4. The number of alkyl halides is 6. The van der Waals surface area contributed by atoms with Crippen LogP contribution in [0.25, 0.3) is 0 Å². The maximum atomic E-state index is 13.9. The molecule has 0 atom stereocenters. The van der Waals surface area contributed by atoms with E-state index < -0.39 is 50.2 Å². The fraction of sp³-hybridized carbons (Fsp3) is 0.226. The summed E-state index contributed by atoms with van der Waals surface area (Å²) >= 11 is 0. The Morgan fingerprint density at radius 1 is 0.477 bits per heavy atom. The van der Waals surface area contributed by atoms with E-state index >= 15 is 0 Å². The van der Waals surface area contributed by atoms with Crippen LogP contribution in [-0.2, 0) is 15.3 Å². The molecule has 0 radical (unpaired) electrons. The number of sulfone groups is 1. The van der Waals surface area contributed by atoms with Crippen LogP contribution in [-0.4, -0.2) is 41.2 Å². The number of halogens is 6. The number of aryl methyl sites for hydroxylation is 4. The predicted octanol–water partition coefficient (Wildman–Crippen LogP) is 7.67. The lowest BCUT2D eigenvalue weighted by Gasteiger charge is -2.38. The molecule has 0 aliphatic carbocycles. The third-order valence-corrected chi connectivity index (χ3v) is 8.82. The number of phenolic OH excluding ortho intramolecular Hbond substituents is 4. The second-order valence-electron chi connectivity index (χ2n) is 10.1. The maximum absolute atomic E-state index is 13.9. The number of rotatable bonds is 4. The van der Waals surface area contributed by atoms with Gasteiger partial charge in [-0.25, -0.2) is 8.42 Å². The molecule has 4 aromatic carbocycles. The lowest BCUT2D eigenvalue weighted by atomic mass is 9.72. The predicted molar refractivity (Wildman–Crippen MR) is 150 cm³/mol. The van der Waals surface area contributed by atoms with E-state index in [-0.39, 0.29) is 32.4 Å². The van der Waals surface area contributed by atoms with Crippen LogP contribution in [0.2, 0.25) is 0 Å². The van der Waals surface area contributed by atoms with Crippen LogP contribution in [0.15, 0.2) is 82.6 Å². The lowest BCUT2D eigenvalue weighted by molar-refractivity contribution is -0.288. The third kappa shape index (κ3) is 6.28. The van der Waals surface area contributed by atoms with Gasteiger partial charge in [0.05, 0.1) is 9.79 Å². The SMILES string of the molecule is Cc1cc(C(c2ccc(O)c(C)c2)(C(F)(F)F)C(F)(F)F)ccc1O.Cc1cc(S(=O)(=O)c2ccc(O)c(C)c2)ccc1O. The molecule has 4 rings (SSSR count). The minimum absolute atomic E-state index is 0.0563. The van der Waals surface area contributed by atoms with Crippen molar-refractivity contribution in [1.29, 1.82) is 0 Å². The van der Waals surface area contributed by atoms with Crippen molar-refractivity contribution in [2.75, 3.05) is 0 Å². The Bertz CT molecular complexity index is 1670. The first kappa shape index (κ1) is 34.1. The molecule has 0 aliphatic heterocycles. The number of aromatic hydroxyl groups is 4. The summed E-state index contributed by atoms with van der Waals surface area (Å²) < 4.78 is 108. The van der Waals surface area contributed by atoms with Crippen molar-refractivity contribution < 1.29 is 55.2 Å². The molecule has 6 nitrogen and oxygen atoms in total. The van der Waals surface area contributed by atoms with Gasteiger partial charge in [-0.2, -0.15) is 26.3 Å². The summed E-state index contributed by atoms with van der Waals surface area (Å²) in [5.74, 6) is -0.713. The Kier molecular flexibility index (Phi) is 9.26. The van der Waals surface area contributed by atoms with Crippen molar-refractivity contribution >= 4 is 9.84 Å². The van der Waals surface area contributed by atoms with Gasteiger partial charge in [-0.1, -0.05) is 24.3 Å². The summed E-state index contributed by atoms with van der Waals surface area (Å²) in [5.41, 5.74) is -5.66. The molecule has 0 amide bonds. The normalized spacial score (nSPS) is 12.4. The Labute approximate surface area is 249 Å². The van der Waals surface area contributed by atoms with Crippen LogP contribution in [0.3, 0.4) is 0 Å². The van der Waals surface area contributed by atoms with Crippen molar-refractivity contribution in [2.45, 2.75) is 55.3 Å². The summed E-state index contributed by atoms with van der Waals surface area (Å²) in [5, 5.41) is 37.8. The molecule has 0 aliphatic rings. The second kappa shape index (κ2) is 11.9. The highest BCUT2D eigenvalue weighted by molar-refractivity contribution is 7.91. The van der Waals surface area contributed by atoms with Crippen molar-refractivity contribution in [3.63, 3.8) is 0 Å². The zero-order chi connectivity index (χ0) is 33.4. The van der Waals surface area contributed by atoms with Gasteiger partial charge in [0.2, 0.25) is 15.3 Å². The second-order valence-corrected chi connectivity index (χ2v) is 12.1. The Morgan fingerprint density at radius 3 is 1.00 bits per heavy atom. The number of hydrogen-bond donors (Lipinski definition) is 4. The quantitative estimate of drug-likeness (QED) is 0.170. The molecule has 0 heterocycles. The van der Waals surface area contributed by atoms with Crippen molar-refractivity contribution in [2.24, 2.45) is 0 Å². The van der Waals surface area contributed by atoms with Gasteiger partial charge in [-0.05, 0) is 110 Å². The van der Waals surface area contributed by atoms with Gasteiger partial charge in [0.1, 0.15) is 23.0 Å². The summed E-state index contributed by atoms with van der Waals surface area (Å²) in [6.45, 7) is 5.68. The molecule has 44 heavy (non-hydrogen) atoms. The Hall–Kier alpha value is -4.39. The first-order chi connectivity index (χ1) is 20.1. The molecule has 0 aromatic heterocycles. The Balaban J connectivity index is 0.000000249. The first-order valence-corrected chi connectivity index (χ1v) is 14.2. The number of hydrogen-bond acceptors (Lipinski definition) is 6. The van der Waals surface area contributed by atoms with Crippen LogP contribution in [0.4, 0.5) is 26.3 Å². The van der Waals surface area contributed by atoms with E-state index in [1.807, 2.05) is 0 Å². The van der Waals surface area contributed by atoms with Gasteiger partial charge in [-0.3, -0.25) is 0 Å². The average Bonchev–Trinajstić information content (AvgIpc) is 2.90. The highest BCUT2D eigenvalue weighted by atomic mass is 32.2. The molecule has 0 fully saturated rings. The molecule has 13 heteroatoms. The minimum Gasteiger partial charge on any atom is -0.508 e. The molecular formula is C31H28F6O6S. The standard InChI is InChI=1S/C17H14F6O2.C14H14O4S/c1-9-7-11(3-5-13(9)24)15(16(18,19)20,17(21,22)23)12-4-6-14(25)10(2)8-12;1-9-7-11(3-5-13(9)15)19(17,18)12-4-6-14(16)10(2)8-12/h3-8,24-25H,1-2H3;3-8,15-16H,1-2H3. The van der Waals surface area contributed by atoms with Crippen LogP contribution in [0.1, 0.15) is 33.4 Å². The smallest absolute Gasteiger partial charge is 0.411 e. The average molecular weight is 643 g/mol. The van der Waals surface area contributed by atoms with E-state index in [4.69, 9.17) is 0 Å². The largest absolute Gasteiger partial charge is 0.508 e. The molecule has 0 bridgehead atoms. The summed E-state index contributed by atoms with van der Waals surface area (Å²) in [6.07, 6.45) is -11.4. The lowest BCUT2D eigenvalue weighted by Crippen LogP contribution is -2.54. The van der Waals surface area contributed by atoms with Crippen LogP contribution in [0, 0.1) is 27.7 Å². The first-order valence-electron chi connectivity index (χ1n) is 12.7. The van der Waals surface area contributed by atoms with Gasteiger partial charge < -0.3 is 20.4 Å². The maximum Gasteiger partial charge on any atom is 0.411 e.